The molecule has 0 aliphatic rings. The zero-order valence-electron chi connectivity index (χ0n) is 13.7. The normalized spacial score (nSPS) is 12.7. The first-order chi connectivity index (χ1) is 8.95. The summed E-state index contributed by atoms with van der Waals surface area (Å²) >= 11 is 0. The Morgan fingerprint density at radius 1 is 1.15 bits per heavy atom. The molecular formula is C15H27BO3Si. The monoisotopic (exact) mass is 294 g/mol. The van der Waals surface area contributed by atoms with E-state index >= 15 is 0 Å². The van der Waals surface area contributed by atoms with Gasteiger partial charge in [-0.2, -0.15) is 0 Å². The van der Waals surface area contributed by atoms with Crippen LogP contribution in [-0.2, 0) is 0 Å². The van der Waals surface area contributed by atoms with Gasteiger partial charge in [0.1, 0.15) is 5.75 Å². The lowest BCUT2D eigenvalue weighted by Crippen LogP contribution is -2.46. The molecule has 0 bridgehead atoms. The Morgan fingerprint density at radius 2 is 1.70 bits per heavy atom. The van der Waals surface area contributed by atoms with E-state index in [2.05, 4.69) is 47.7 Å². The topological polar surface area (TPSA) is 49.7 Å². The van der Waals surface area contributed by atoms with Gasteiger partial charge in [-0.15, -0.1) is 0 Å². The van der Waals surface area contributed by atoms with Crippen molar-refractivity contribution >= 4 is 20.9 Å². The molecule has 2 N–H and O–H groups in total. The fourth-order valence-corrected chi connectivity index (χ4v) is 2.69. The van der Waals surface area contributed by atoms with Gasteiger partial charge in [-0.25, -0.2) is 0 Å². The minimum absolute atomic E-state index is 0.0708. The Morgan fingerprint density at radius 3 is 2.10 bits per heavy atom. The Labute approximate surface area is 124 Å². The van der Waals surface area contributed by atoms with Crippen LogP contribution in [0, 0.1) is 0 Å². The van der Waals surface area contributed by atoms with Crippen LogP contribution in [0.4, 0.5) is 0 Å². The molecule has 0 aliphatic heterocycles. The molecule has 0 aliphatic carbocycles. The average Bonchev–Trinajstić information content (AvgIpc) is 2.26. The van der Waals surface area contributed by atoms with Crippen LogP contribution in [0.2, 0.25) is 18.1 Å². The average molecular weight is 294 g/mol. The van der Waals surface area contributed by atoms with Crippen molar-refractivity contribution in [2.24, 2.45) is 0 Å². The van der Waals surface area contributed by atoms with Gasteiger partial charge in [0.15, 0.2) is 0 Å². The molecule has 112 valence electrons. The zero-order valence-corrected chi connectivity index (χ0v) is 14.7. The van der Waals surface area contributed by atoms with Crippen molar-refractivity contribution in [2.75, 3.05) is 0 Å². The summed E-state index contributed by atoms with van der Waals surface area (Å²) in [6.07, 6.45) is 0. The third-order valence-corrected chi connectivity index (χ3v) is 8.49. The van der Waals surface area contributed by atoms with E-state index in [4.69, 9.17) is 4.43 Å². The predicted molar refractivity (Wildman–Crippen MR) is 88.2 cm³/mol. The molecule has 1 aromatic rings. The number of rotatable bonds is 4. The fraction of sp³-hybridized carbons (Fsp3) is 0.600. The van der Waals surface area contributed by atoms with Crippen molar-refractivity contribution < 1.29 is 14.5 Å². The van der Waals surface area contributed by atoms with Crippen molar-refractivity contribution in [3.63, 3.8) is 0 Å². The first-order valence-electron chi connectivity index (χ1n) is 7.14. The number of benzene rings is 1. The second-order valence-corrected chi connectivity index (χ2v) is 11.9. The largest absolute Gasteiger partial charge is 0.544 e. The van der Waals surface area contributed by atoms with E-state index in [1.54, 1.807) is 0 Å². The summed E-state index contributed by atoms with van der Waals surface area (Å²) < 4.78 is 6.21. The van der Waals surface area contributed by atoms with E-state index in [9.17, 15) is 10.0 Å². The summed E-state index contributed by atoms with van der Waals surface area (Å²) in [4.78, 5) is 0. The molecule has 0 unspecified atom stereocenters. The van der Waals surface area contributed by atoms with E-state index in [1.807, 2.05) is 18.2 Å². The SMILES string of the molecule is CC(C)c1ccc(O[Si](C)(C)C(C)(C)C)c(B(O)O)c1. The summed E-state index contributed by atoms with van der Waals surface area (Å²) in [5.41, 5.74) is 1.54. The molecule has 0 aromatic heterocycles. The predicted octanol–water partition coefficient (Wildman–Crippen LogP) is 2.87. The highest BCUT2D eigenvalue weighted by Crippen LogP contribution is 2.37. The van der Waals surface area contributed by atoms with Crippen LogP contribution >= 0.6 is 0 Å². The molecule has 3 nitrogen and oxygen atoms in total. The van der Waals surface area contributed by atoms with Gasteiger partial charge in [0.2, 0.25) is 8.32 Å². The van der Waals surface area contributed by atoms with Crippen LogP contribution in [0.15, 0.2) is 18.2 Å². The van der Waals surface area contributed by atoms with Gasteiger partial charge < -0.3 is 14.5 Å². The van der Waals surface area contributed by atoms with Gasteiger partial charge in [-0.1, -0.05) is 46.8 Å². The molecule has 5 heteroatoms. The van der Waals surface area contributed by atoms with Gasteiger partial charge in [-0.3, -0.25) is 0 Å². The Kier molecular flexibility index (Phi) is 5.11. The smallest absolute Gasteiger partial charge is 0.492 e. The van der Waals surface area contributed by atoms with E-state index in [-0.39, 0.29) is 5.04 Å². The lowest BCUT2D eigenvalue weighted by molar-refractivity contribution is 0.422. The standard InChI is InChI=1S/C15H27BO3Si/c1-11(2)12-8-9-14(13(10-12)16(17)18)19-20(6,7)15(3,4)5/h8-11,17-18H,1-7H3. The Bertz CT molecular complexity index is 465. The van der Waals surface area contributed by atoms with Gasteiger partial charge in [0.05, 0.1) is 0 Å². The summed E-state index contributed by atoms with van der Waals surface area (Å²) in [6, 6.07) is 5.70. The van der Waals surface area contributed by atoms with E-state index in [0.29, 0.717) is 17.1 Å². The van der Waals surface area contributed by atoms with Crippen molar-refractivity contribution in [3.05, 3.63) is 23.8 Å². The molecule has 1 rings (SSSR count). The van der Waals surface area contributed by atoms with Crippen LogP contribution in [0.1, 0.15) is 46.1 Å². The Balaban J connectivity index is 3.19. The van der Waals surface area contributed by atoms with Crippen LogP contribution < -0.4 is 9.89 Å². The van der Waals surface area contributed by atoms with Gasteiger partial charge in [0.25, 0.3) is 0 Å². The van der Waals surface area contributed by atoms with Gasteiger partial charge in [-0.05, 0) is 35.7 Å². The third kappa shape index (κ3) is 3.87. The lowest BCUT2D eigenvalue weighted by atomic mass is 9.78. The van der Waals surface area contributed by atoms with E-state index in [1.165, 1.54) is 0 Å². The van der Waals surface area contributed by atoms with Crippen LogP contribution in [0.25, 0.3) is 0 Å². The molecule has 0 atom stereocenters. The van der Waals surface area contributed by atoms with E-state index < -0.39 is 15.4 Å². The van der Waals surface area contributed by atoms with E-state index in [0.717, 1.165) is 5.56 Å². The Hall–Kier alpha value is -0.778. The molecule has 0 heterocycles. The highest BCUT2D eigenvalue weighted by Gasteiger charge is 2.39. The maximum Gasteiger partial charge on any atom is 0.492 e. The maximum absolute atomic E-state index is 9.60. The lowest BCUT2D eigenvalue weighted by Gasteiger charge is -2.37. The second-order valence-electron chi connectivity index (χ2n) is 7.19. The highest BCUT2D eigenvalue weighted by molar-refractivity contribution is 6.75. The minimum atomic E-state index is -1.99. The number of hydrogen-bond acceptors (Lipinski definition) is 3. The summed E-state index contributed by atoms with van der Waals surface area (Å²) in [6.45, 7) is 15.0. The van der Waals surface area contributed by atoms with Crippen LogP contribution in [0.3, 0.4) is 0 Å². The molecule has 0 saturated heterocycles. The second kappa shape index (κ2) is 5.92. The molecular weight excluding hydrogens is 267 g/mol. The minimum Gasteiger partial charge on any atom is -0.544 e. The van der Waals surface area contributed by atoms with Gasteiger partial charge in [0, 0.05) is 5.46 Å². The fourth-order valence-electron chi connectivity index (χ4n) is 1.65. The zero-order chi connectivity index (χ0) is 15.7. The maximum atomic E-state index is 9.60. The molecule has 0 radical (unpaired) electrons. The van der Waals surface area contributed by atoms with Crippen molar-refractivity contribution in [1.82, 2.24) is 0 Å². The first-order valence-corrected chi connectivity index (χ1v) is 10.1. The third-order valence-electron chi connectivity index (χ3n) is 4.15. The van der Waals surface area contributed by atoms with Crippen molar-refractivity contribution in [2.45, 2.75) is 58.7 Å². The molecule has 0 amide bonds. The van der Waals surface area contributed by atoms with Crippen molar-refractivity contribution in [1.29, 1.82) is 0 Å². The molecule has 1 aromatic carbocycles. The molecule has 0 saturated carbocycles. The van der Waals surface area contributed by atoms with Crippen LogP contribution in [0.5, 0.6) is 5.75 Å². The summed E-state index contributed by atoms with van der Waals surface area (Å²) in [7, 11) is -3.50. The van der Waals surface area contributed by atoms with Crippen LogP contribution in [-0.4, -0.2) is 25.5 Å². The summed E-state index contributed by atoms with van der Waals surface area (Å²) in [5.74, 6) is 0.936. The molecule has 0 spiro atoms. The van der Waals surface area contributed by atoms with Gasteiger partial charge >= 0.3 is 7.12 Å². The molecule has 20 heavy (non-hydrogen) atoms. The first kappa shape index (κ1) is 17.3. The van der Waals surface area contributed by atoms with Crippen molar-refractivity contribution in [3.8, 4) is 5.75 Å². The summed E-state index contributed by atoms with van der Waals surface area (Å²) in [5, 5.41) is 19.3. The molecule has 0 fully saturated rings. The number of hydrogen-bond donors (Lipinski definition) is 2. The highest BCUT2D eigenvalue weighted by atomic mass is 28.4. The quantitative estimate of drug-likeness (QED) is 0.840.